The molecule has 75 valence electrons. The van der Waals surface area contributed by atoms with Gasteiger partial charge in [-0.15, -0.1) is 0 Å². The minimum Gasteiger partial charge on any atom is -0.328 e. The molecule has 0 aromatic heterocycles. The highest BCUT2D eigenvalue weighted by Gasteiger charge is 2.26. The molecule has 1 radical (unpaired) electrons. The van der Waals surface area contributed by atoms with Crippen LogP contribution in [0.15, 0.2) is 0 Å². The molecule has 2 rings (SSSR count). The van der Waals surface area contributed by atoms with E-state index in [0.717, 1.165) is 19.4 Å². The van der Waals surface area contributed by atoms with Crippen molar-refractivity contribution < 1.29 is 0 Å². The predicted octanol–water partition coefficient (Wildman–Crippen LogP) is 0.524. The van der Waals surface area contributed by atoms with Crippen LogP contribution in [0.25, 0.3) is 0 Å². The summed E-state index contributed by atoms with van der Waals surface area (Å²) >= 11 is 0. The van der Waals surface area contributed by atoms with Crippen molar-refractivity contribution in [2.75, 3.05) is 19.6 Å². The third-order valence-electron chi connectivity index (χ3n) is 3.17. The van der Waals surface area contributed by atoms with Crippen LogP contribution >= 0.6 is 0 Å². The van der Waals surface area contributed by atoms with E-state index in [1.54, 1.807) is 0 Å². The largest absolute Gasteiger partial charge is 0.328 e. The van der Waals surface area contributed by atoms with Gasteiger partial charge in [0.1, 0.15) is 0 Å². The van der Waals surface area contributed by atoms with Gasteiger partial charge in [0.05, 0.1) is 6.17 Å². The summed E-state index contributed by atoms with van der Waals surface area (Å²) in [5.41, 5.74) is 5.95. The average molecular weight is 182 g/mol. The zero-order valence-electron chi connectivity index (χ0n) is 8.28. The summed E-state index contributed by atoms with van der Waals surface area (Å²) in [6.45, 7) is 3.45. The Labute approximate surface area is 80.7 Å². The molecule has 0 amide bonds. The van der Waals surface area contributed by atoms with Gasteiger partial charge in [0.25, 0.3) is 0 Å². The highest BCUT2D eigenvalue weighted by Crippen LogP contribution is 2.17. The van der Waals surface area contributed by atoms with Crippen LogP contribution in [-0.2, 0) is 0 Å². The summed E-state index contributed by atoms with van der Waals surface area (Å²) in [6.07, 6.45) is 6.71. The number of likely N-dealkylation sites (tertiary alicyclic amines) is 1. The molecular formula is C10H20N3. The summed E-state index contributed by atoms with van der Waals surface area (Å²) in [7, 11) is 0. The van der Waals surface area contributed by atoms with Gasteiger partial charge < -0.3 is 5.73 Å². The second kappa shape index (κ2) is 4.40. The lowest BCUT2D eigenvalue weighted by molar-refractivity contribution is 0.104. The first-order chi connectivity index (χ1) is 6.36. The minimum atomic E-state index is 0.393. The van der Waals surface area contributed by atoms with Crippen molar-refractivity contribution in [2.45, 2.75) is 44.3 Å². The Kier molecular flexibility index (Phi) is 3.19. The maximum Gasteiger partial charge on any atom is 0.0775 e. The normalized spacial score (nSPS) is 37.6. The zero-order chi connectivity index (χ0) is 9.10. The van der Waals surface area contributed by atoms with Crippen molar-refractivity contribution in [3.63, 3.8) is 0 Å². The molecule has 0 aromatic carbocycles. The molecule has 0 bridgehead atoms. The van der Waals surface area contributed by atoms with Crippen LogP contribution in [0.1, 0.15) is 32.1 Å². The lowest BCUT2D eigenvalue weighted by Crippen LogP contribution is -2.51. The molecule has 2 N–H and O–H groups in total. The van der Waals surface area contributed by atoms with Gasteiger partial charge in [0, 0.05) is 12.6 Å². The molecular weight excluding hydrogens is 162 g/mol. The van der Waals surface area contributed by atoms with Crippen molar-refractivity contribution in [1.82, 2.24) is 10.2 Å². The minimum absolute atomic E-state index is 0.393. The molecule has 2 saturated heterocycles. The molecule has 0 aliphatic carbocycles. The number of hydrogen-bond donors (Lipinski definition) is 1. The summed E-state index contributed by atoms with van der Waals surface area (Å²) < 4.78 is 0. The Morgan fingerprint density at radius 2 is 1.92 bits per heavy atom. The highest BCUT2D eigenvalue weighted by molar-refractivity contribution is 4.81. The van der Waals surface area contributed by atoms with E-state index in [-0.39, 0.29) is 0 Å². The summed E-state index contributed by atoms with van der Waals surface area (Å²) in [4.78, 5) is 2.52. The van der Waals surface area contributed by atoms with Gasteiger partial charge >= 0.3 is 0 Å². The summed E-state index contributed by atoms with van der Waals surface area (Å²) in [5, 5.41) is 4.65. The van der Waals surface area contributed by atoms with E-state index in [1.165, 1.54) is 32.4 Å². The molecule has 2 heterocycles. The molecule has 0 saturated carbocycles. The molecule has 2 atom stereocenters. The summed E-state index contributed by atoms with van der Waals surface area (Å²) in [6, 6.07) is 0.393. The number of nitrogens with two attached hydrogens (primary N) is 1. The molecule has 0 aromatic rings. The number of piperidine rings is 2. The van der Waals surface area contributed by atoms with Gasteiger partial charge in [-0.1, -0.05) is 6.42 Å². The Morgan fingerprint density at radius 1 is 1.15 bits per heavy atom. The first-order valence-electron chi connectivity index (χ1n) is 5.52. The zero-order valence-corrected chi connectivity index (χ0v) is 8.28. The van der Waals surface area contributed by atoms with Gasteiger partial charge in [-0.2, -0.15) is 0 Å². The van der Waals surface area contributed by atoms with Gasteiger partial charge in [-0.3, -0.25) is 4.90 Å². The molecule has 13 heavy (non-hydrogen) atoms. The SMILES string of the molecule is NC1CC[N]C(N2CCCCC2)C1. The number of nitrogens with zero attached hydrogens (tertiary/aromatic N) is 2. The van der Waals surface area contributed by atoms with Crippen LogP contribution < -0.4 is 11.1 Å². The molecule has 3 heteroatoms. The van der Waals surface area contributed by atoms with Crippen LogP contribution in [0.5, 0.6) is 0 Å². The van der Waals surface area contributed by atoms with Gasteiger partial charge in [0.15, 0.2) is 0 Å². The molecule has 2 aliphatic heterocycles. The fraction of sp³-hybridized carbons (Fsp3) is 1.00. The smallest absolute Gasteiger partial charge is 0.0775 e. The topological polar surface area (TPSA) is 43.4 Å². The summed E-state index contributed by atoms with van der Waals surface area (Å²) in [5.74, 6) is 0. The van der Waals surface area contributed by atoms with Gasteiger partial charge in [0.2, 0.25) is 0 Å². The number of hydrogen-bond acceptors (Lipinski definition) is 2. The Morgan fingerprint density at radius 3 is 2.62 bits per heavy atom. The Bertz CT molecular complexity index is 154. The van der Waals surface area contributed by atoms with Crippen molar-refractivity contribution in [3.05, 3.63) is 0 Å². The monoisotopic (exact) mass is 182 g/mol. The van der Waals surface area contributed by atoms with Crippen molar-refractivity contribution >= 4 is 0 Å². The lowest BCUT2D eigenvalue weighted by atomic mass is 10.0. The van der Waals surface area contributed by atoms with Crippen LogP contribution in [0.3, 0.4) is 0 Å². The van der Waals surface area contributed by atoms with Crippen LogP contribution in [0, 0.1) is 0 Å². The third-order valence-corrected chi connectivity index (χ3v) is 3.17. The van der Waals surface area contributed by atoms with E-state index in [4.69, 9.17) is 5.73 Å². The standard InChI is InChI=1S/C10H20N3/c11-9-4-5-12-10(8-9)13-6-2-1-3-7-13/h9-10H,1-8,11H2. The van der Waals surface area contributed by atoms with E-state index in [2.05, 4.69) is 10.2 Å². The Hall–Kier alpha value is -0.120. The van der Waals surface area contributed by atoms with E-state index in [1.807, 2.05) is 0 Å². The second-order valence-corrected chi connectivity index (χ2v) is 4.27. The molecule has 2 aliphatic rings. The van der Waals surface area contributed by atoms with E-state index < -0.39 is 0 Å². The van der Waals surface area contributed by atoms with Gasteiger partial charge in [-0.05, 0) is 38.8 Å². The van der Waals surface area contributed by atoms with E-state index in [9.17, 15) is 0 Å². The fourth-order valence-electron chi connectivity index (χ4n) is 2.33. The van der Waals surface area contributed by atoms with E-state index in [0.29, 0.717) is 12.2 Å². The van der Waals surface area contributed by atoms with Crippen molar-refractivity contribution in [3.8, 4) is 0 Å². The first-order valence-corrected chi connectivity index (χ1v) is 5.52. The quantitative estimate of drug-likeness (QED) is 0.642. The Balaban J connectivity index is 1.83. The van der Waals surface area contributed by atoms with Crippen molar-refractivity contribution in [1.29, 1.82) is 0 Å². The first kappa shape index (κ1) is 9.44. The highest BCUT2D eigenvalue weighted by atomic mass is 15.3. The maximum absolute atomic E-state index is 5.95. The molecule has 2 unspecified atom stereocenters. The van der Waals surface area contributed by atoms with Crippen molar-refractivity contribution in [2.24, 2.45) is 5.73 Å². The maximum atomic E-state index is 5.95. The average Bonchev–Trinajstić information content (AvgIpc) is 2.19. The van der Waals surface area contributed by atoms with E-state index >= 15 is 0 Å². The lowest BCUT2D eigenvalue weighted by Gasteiger charge is -2.38. The fourth-order valence-corrected chi connectivity index (χ4v) is 2.33. The van der Waals surface area contributed by atoms with Crippen LogP contribution in [0.2, 0.25) is 0 Å². The molecule has 2 fully saturated rings. The third kappa shape index (κ3) is 2.42. The molecule has 0 spiro atoms. The van der Waals surface area contributed by atoms with Crippen LogP contribution in [-0.4, -0.2) is 36.7 Å². The number of rotatable bonds is 1. The molecule has 3 nitrogen and oxygen atoms in total. The predicted molar refractivity (Wildman–Crippen MR) is 53.4 cm³/mol. The van der Waals surface area contributed by atoms with Gasteiger partial charge in [-0.25, -0.2) is 5.32 Å². The second-order valence-electron chi connectivity index (χ2n) is 4.27. The van der Waals surface area contributed by atoms with Crippen LogP contribution in [0.4, 0.5) is 0 Å².